The van der Waals surface area contributed by atoms with Gasteiger partial charge in [-0.25, -0.2) is 4.98 Å². The van der Waals surface area contributed by atoms with Crippen LogP contribution in [0.15, 0.2) is 36.4 Å². The van der Waals surface area contributed by atoms with Crippen molar-refractivity contribution in [1.82, 2.24) is 14.8 Å². The van der Waals surface area contributed by atoms with Crippen LogP contribution >= 0.6 is 22.7 Å². The molecule has 1 aliphatic rings. The van der Waals surface area contributed by atoms with E-state index in [1.54, 1.807) is 4.90 Å². The summed E-state index contributed by atoms with van der Waals surface area (Å²) in [7, 11) is 2.02. The first-order chi connectivity index (χ1) is 16.9. The lowest BCUT2D eigenvalue weighted by Gasteiger charge is -2.32. The molecule has 35 heavy (non-hydrogen) atoms. The number of ether oxygens (including phenoxy) is 1. The Morgan fingerprint density at radius 2 is 1.83 bits per heavy atom. The average Bonchev–Trinajstić information content (AvgIpc) is 3.51. The van der Waals surface area contributed by atoms with Gasteiger partial charge in [0.05, 0.1) is 22.1 Å². The Hall–Kier alpha value is -3.35. The van der Waals surface area contributed by atoms with E-state index in [9.17, 15) is 19.7 Å². The van der Waals surface area contributed by atoms with Crippen LogP contribution in [0.2, 0.25) is 0 Å². The molecule has 2 amide bonds. The molecule has 1 aromatic carbocycles. The number of carbonyl (C=O) groups excluding carboxylic acids is 2. The number of aromatic nitrogens is 1. The van der Waals surface area contributed by atoms with E-state index in [2.05, 4.69) is 15.2 Å². The first kappa shape index (κ1) is 24.8. The minimum atomic E-state index is -0.538. The number of piperazine rings is 1. The maximum atomic E-state index is 13.4. The lowest BCUT2D eigenvalue weighted by atomic mass is 10.1. The molecule has 1 aliphatic heterocycles. The fourth-order valence-corrected chi connectivity index (χ4v) is 5.17. The topological polar surface area (TPSA) is 118 Å². The number of amides is 2. The maximum absolute atomic E-state index is 13.4. The van der Waals surface area contributed by atoms with Gasteiger partial charge in [-0.2, -0.15) is 0 Å². The van der Waals surface area contributed by atoms with E-state index in [1.807, 2.05) is 38.2 Å². The van der Waals surface area contributed by atoms with Gasteiger partial charge >= 0.3 is 5.00 Å². The predicted octanol–water partition coefficient (Wildman–Crippen LogP) is 4.21. The van der Waals surface area contributed by atoms with Crippen molar-refractivity contribution in [2.45, 2.75) is 13.3 Å². The molecular formula is C23H25N5O5S2. The van der Waals surface area contributed by atoms with E-state index in [4.69, 9.17) is 4.74 Å². The summed E-state index contributed by atoms with van der Waals surface area (Å²) in [6.07, 6.45) is 0.897. The number of thiazole rings is 1. The number of nitrogens with zero attached hydrogens (tertiary/aromatic N) is 4. The van der Waals surface area contributed by atoms with Gasteiger partial charge in [0, 0.05) is 37.8 Å². The summed E-state index contributed by atoms with van der Waals surface area (Å²) in [5, 5.41) is 13.8. The van der Waals surface area contributed by atoms with E-state index >= 15 is 0 Å². The normalized spacial score (nSPS) is 14.1. The molecule has 3 aromatic rings. The lowest BCUT2D eigenvalue weighted by Crippen LogP contribution is -2.47. The highest BCUT2D eigenvalue weighted by Crippen LogP contribution is 2.34. The van der Waals surface area contributed by atoms with Crippen LogP contribution in [0.5, 0.6) is 5.75 Å². The quantitative estimate of drug-likeness (QED) is 0.353. The monoisotopic (exact) mass is 515 g/mol. The zero-order chi connectivity index (χ0) is 24.9. The van der Waals surface area contributed by atoms with E-state index in [0.717, 1.165) is 53.5 Å². The molecule has 0 bridgehead atoms. The van der Waals surface area contributed by atoms with Crippen molar-refractivity contribution in [1.29, 1.82) is 0 Å². The van der Waals surface area contributed by atoms with Crippen molar-refractivity contribution < 1.29 is 19.2 Å². The van der Waals surface area contributed by atoms with Crippen LogP contribution < -0.4 is 10.1 Å². The SMILES string of the molecule is CCCOc1ccc(-c2nc(NC(=O)c3ccc([N+](=O)[O-])s3)sc2C(=O)N2CCN(C)CC2)cc1. The number of likely N-dealkylation sites (N-methyl/N-ethyl adjacent to an activating group) is 1. The largest absolute Gasteiger partial charge is 0.494 e. The van der Waals surface area contributed by atoms with Crippen LogP contribution in [0.25, 0.3) is 11.3 Å². The van der Waals surface area contributed by atoms with Crippen LogP contribution in [-0.2, 0) is 0 Å². The molecule has 12 heteroatoms. The Morgan fingerprint density at radius 3 is 2.46 bits per heavy atom. The van der Waals surface area contributed by atoms with Crippen LogP contribution in [0.3, 0.4) is 0 Å². The second kappa shape index (κ2) is 10.9. The molecule has 2 aromatic heterocycles. The van der Waals surface area contributed by atoms with Crippen LogP contribution in [-0.4, -0.2) is 71.4 Å². The van der Waals surface area contributed by atoms with Gasteiger partial charge < -0.3 is 14.5 Å². The summed E-state index contributed by atoms with van der Waals surface area (Å²) in [6.45, 7) is 5.42. The summed E-state index contributed by atoms with van der Waals surface area (Å²) in [5.74, 6) is 0.0834. The highest BCUT2D eigenvalue weighted by molar-refractivity contribution is 7.19. The maximum Gasteiger partial charge on any atom is 0.324 e. The minimum Gasteiger partial charge on any atom is -0.494 e. The number of thiophene rings is 1. The first-order valence-electron chi connectivity index (χ1n) is 11.1. The Kier molecular flexibility index (Phi) is 7.73. The molecule has 3 heterocycles. The van der Waals surface area contributed by atoms with Crippen LogP contribution in [0, 0.1) is 10.1 Å². The number of benzene rings is 1. The van der Waals surface area contributed by atoms with E-state index in [-0.39, 0.29) is 20.9 Å². The molecule has 184 valence electrons. The molecule has 0 atom stereocenters. The third-order valence-electron chi connectivity index (χ3n) is 5.43. The number of hydrogen-bond donors (Lipinski definition) is 1. The number of hydrogen-bond acceptors (Lipinski definition) is 9. The number of nitrogens with one attached hydrogen (secondary N) is 1. The highest BCUT2D eigenvalue weighted by atomic mass is 32.1. The summed E-state index contributed by atoms with van der Waals surface area (Å²) in [4.78, 5) is 45.7. The van der Waals surface area contributed by atoms with E-state index < -0.39 is 10.8 Å². The minimum absolute atomic E-state index is 0.119. The van der Waals surface area contributed by atoms with Gasteiger partial charge in [-0.1, -0.05) is 29.6 Å². The summed E-state index contributed by atoms with van der Waals surface area (Å²) in [5.41, 5.74) is 1.21. The molecule has 0 aliphatic carbocycles. The Bertz CT molecular complexity index is 1220. The summed E-state index contributed by atoms with van der Waals surface area (Å²) < 4.78 is 5.65. The van der Waals surface area contributed by atoms with Crippen molar-refractivity contribution in [3.63, 3.8) is 0 Å². The summed E-state index contributed by atoms with van der Waals surface area (Å²) in [6, 6.07) is 10.0. The molecule has 1 saturated heterocycles. The van der Waals surface area contributed by atoms with Gasteiger partial charge in [0.2, 0.25) is 0 Å². The molecular weight excluding hydrogens is 490 g/mol. The molecule has 1 fully saturated rings. The van der Waals surface area contributed by atoms with Crippen molar-refractivity contribution in [2.75, 3.05) is 45.2 Å². The zero-order valence-corrected chi connectivity index (χ0v) is 21.0. The van der Waals surface area contributed by atoms with Crippen LogP contribution in [0.4, 0.5) is 10.1 Å². The number of rotatable bonds is 8. The second-order valence-corrected chi connectivity index (χ2v) is 10.1. The van der Waals surface area contributed by atoms with Crippen molar-refractivity contribution in [2.24, 2.45) is 0 Å². The first-order valence-corrected chi connectivity index (χ1v) is 12.8. The molecule has 0 saturated carbocycles. The third-order valence-corrected chi connectivity index (χ3v) is 7.42. The van der Waals surface area contributed by atoms with Gasteiger partial charge in [0.15, 0.2) is 5.13 Å². The Balaban J connectivity index is 1.62. The lowest BCUT2D eigenvalue weighted by molar-refractivity contribution is -0.380. The molecule has 4 rings (SSSR count). The van der Waals surface area contributed by atoms with Crippen LogP contribution in [0.1, 0.15) is 32.7 Å². The average molecular weight is 516 g/mol. The van der Waals surface area contributed by atoms with Gasteiger partial charge in [-0.05, 0) is 43.8 Å². The van der Waals surface area contributed by atoms with Crippen molar-refractivity contribution in [3.05, 3.63) is 56.3 Å². The Morgan fingerprint density at radius 1 is 1.11 bits per heavy atom. The van der Waals surface area contributed by atoms with Crippen molar-refractivity contribution in [3.8, 4) is 17.0 Å². The van der Waals surface area contributed by atoms with Gasteiger partial charge in [0.1, 0.15) is 10.6 Å². The fourth-order valence-electron chi connectivity index (χ4n) is 3.50. The van der Waals surface area contributed by atoms with Crippen molar-refractivity contribution >= 4 is 44.6 Å². The molecule has 1 N–H and O–H groups in total. The third kappa shape index (κ3) is 5.84. The van der Waals surface area contributed by atoms with Gasteiger partial charge in [-0.3, -0.25) is 25.0 Å². The number of anilines is 1. The predicted molar refractivity (Wildman–Crippen MR) is 136 cm³/mol. The molecule has 0 unspecified atom stereocenters. The highest BCUT2D eigenvalue weighted by Gasteiger charge is 2.27. The smallest absolute Gasteiger partial charge is 0.324 e. The van der Waals surface area contributed by atoms with Gasteiger partial charge in [-0.15, -0.1) is 0 Å². The second-order valence-electron chi connectivity index (χ2n) is 8.01. The molecule has 0 radical (unpaired) electrons. The van der Waals surface area contributed by atoms with E-state index in [1.165, 1.54) is 12.1 Å². The summed E-state index contributed by atoms with van der Waals surface area (Å²) >= 11 is 1.89. The zero-order valence-electron chi connectivity index (χ0n) is 19.4. The fraction of sp³-hybridized carbons (Fsp3) is 0.348. The number of carbonyl (C=O) groups is 2. The Labute approximate surface area is 210 Å². The number of nitro groups is 1. The standard InChI is InChI=1S/C23H25N5O5S2/c1-3-14-33-16-6-4-15(5-7-16)19-20(22(30)27-12-10-26(2)11-13-27)35-23(24-19)25-21(29)17-8-9-18(34-17)28(31)32/h4-9H,3,10-14H2,1-2H3,(H,24,25,29). The van der Waals surface area contributed by atoms with E-state index in [0.29, 0.717) is 30.3 Å². The molecule has 10 nitrogen and oxygen atoms in total. The molecule has 0 spiro atoms. The van der Waals surface area contributed by atoms with Gasteiger partial charge in [0.25, 0.3) is 11.8 Å².